The lowest BCUT2D eigenvalue weighted by Crippen LogP contribution is -2.36. The van der Waals surface area contributed by atoms with Crippen molar-refractivity contribution in [3.8, 4) is 6.07 Å². The molecule has 4 N–H and O–H groups in total. The molecule has 2 rings (SSSR count). The smallest absolute Gasteiger partial charge is 0.242 e. The summed E-state index contributed by atoms with van der Waals surface area (Å²) in [5, 5.41) is 11.5. The van der Waals surface area contributed by atoms with Crippen molar-refractivity contribution < 1.29 is 13.2 Å². The Bertz CT molecular complexity index is 663. The Hall–Kier alpha value is -2.11. The van der Waals surface area contributed by atoms with E-state index in [2.05, 4.69) is 10.0 Å². The van der Waals surface area contributed by atoms with Crippen molar-refractivity contribution in [1.82, 2.24) is 10.0 Å². The molecule has 1 amide bonds. The molecule has 0 aromatic heterocycles. The van der Waals surface area contributed by atoms with Gasteiger partial charge in [0.25, 0.3) is 0 Å². The Morgan fingerprint density at radius 2 is 2.21 bits per heavy atom. The van der Waals surface area contributed by atoms with E-state index in [9.17, 15) is 13.2 Å². The zero-order valence-corrected chi connectivity index (χ0v) is 10.7. The van der Waals surface area contributed by atoms with Crippen LogP contribution in [-0.2, 0) is 14.8 Å². The van der Waals surface area contributed by atoms with E-state index in [0.29, 0.717) is 5.69 Å². The van der Waals surface area contributed by atoms with E-state index in [4.69, 9.17) is 11.0 Å². The first-order valence-electron chi connectivity index (χ1n) is 5.51. The van der Waals surface area contributed by atoms with E-state index in [1.54, 1.807) is 6.07 Å². The van der Waals surface area contributed by atoms with Gasteiger partial charge in [0.1, 0.15) is 6.07 Å². The quantitative estimate of drug-likeness (QED) is 0.632. The highest BCUT2D eigenvalue weighted by molar-refractivity contribution is 7.89. The second-order valence-electron chi connectivity index (χ2n) is 4.19. The fourth-order valence-electron chi connectivity index (χ4n) is 1.84. The Morgan fingerprint density at radius 3 is 2.79 bits per heavy atom. The fraction of sp³-hybridized carbons (Fsp3) is 0.273. The molecule has 0 spiro atoms. The highest BCUT2D eigenvalue weighted by Gasteiger charge is 2.28. The van der Waals surface area contributed by atoms with Crippen LogP contribution in [0.3, 0.4) is 0 Å². The maximum Gasteiger partial charge on any atom is 0.242 e. The lowest BCUT2D eigenvalue weighted by Gasteiger charge is -2.12. The molecule has 1 aromatic rings. The van der Waals surface area contributed by atoms with Crippen molar-refractivity contribution in [2.45, 2.75) is 17.4 Å². The Morgan fingerprint density at radius 1 is 1.47 bits per heavy atom. The number of anilines is 1. The minimum atomic E-state index is -3.85. The number of nitriles is 1. The van der Waals surface area contributed by atoms with Gasteiger partial charge in [0, 0.05) is 24.7 Å². The topological polar surface area (TPSA) is 125 Å². The lowest BCUT2D eigenvalue weighted by atomic mass is 10.2. The van der Waals surface area contributed by atoms with Crippen molar-refractivity contribution in [2.24, 2.45) is 0 Å². The van der Waals surface area contributed by atoms with Gasteiger partial charge >= 0.3 is 0 Å². The van der Waals surface area contributed by atoms with Crippen LogP contribution in [-0.4, -0.2) is 26.9 Å². The molecule has 100 valence electrons. The van der Waals surface area contributed by atoms with E-state index < -0.39 is 16.1 Å². The molecule has 1 aliphatic heterocycles. The standard InChI is InChI=1S/C11H12N4O3S/c12-5-7-3-8(13)1-2-10(7)19(17,18)15-9-4-11(16)14-6-9/h1-3,9,15H,4,6,13H2,(H,14,16). The van der Waals surface area contributed by atoms with Gasteiger partial charge < -0.3 is 11.1 Å². The molecule has 1 atom stereocenters. The summed E-state index contributed by atoms with van der Waals surface area (Å²) >= 11 is 0. The number of hydrogen-bond acceptors (Lipinski definition) is 5. The Labute approximate surface area is 110 Å². The number of nitrogens with one attached hydrogen (secondary N) is 2. The van der Waals surface area contributed by atoms with Crippen molar-refractivity contribution in [2.75, 3.05) is 12.3 Å². The Kier molecular flexibility index (Phi) is 3.42. The number of amides is 1. The summed E-state index contributed by atoms with van der Waals surface area (Å²) in [6.07, 6.45) is 0.0933. The molecule has 1 fully saturated rings. The highest BCUT2D eigenvalue weighted by Crippen LogP contribution is 2.19. The first-order chi connectivity index (χ1) is 8.92. The molecule has 7 nitrogen and oxygen atoms in total. The van der Waals surface area contributed by atoms with E-state index in [1.807, 2.05) is 0 Å². The molecule has 1 unspecified atom stereocenters. The maximum absolute atomic E-state index is 12.1. The van der Waals surface area contributed by atoms with Crippen LogP contribution in [0.25, 0.3) is 0 Å². The third-order valence-electron chi connectivity index (χ3n) is 2.71. The first kappa shape index (κ1) is 13.3. The van der Waals surface area contributed by atoms with E-state index in [-0.39, 0.29) is 29.3 Å². The summed E-state index contributed by atoms with van der Waals surface area (Å²) in [4.78, 5) is 10.9. The molecule has 8 heteroatoms. The van der Waals surface area contributed by atoms with Gasteiger partial charge in [-0.05, 0) is 18.2 Å². The number of rotatable bonds is 3. The van der Waals surface area contributed by atoms with Crippen LogP contribution in [0.5, 0.6) is 0 Å². The molecule has 19 heavy (non-hydrogen) atoms. The number of benzene rings is 1. The van der Waals surface area contributed by atoms with Gasteiger partial charge in [0.2, 0.25) is 15.9 Å². The highest BCUT2D eigenvalue weighted by atomic mass is 32.2. The molecule has 0 bridgehead atoms. The van der Waals surface area contributed by atoms with Gasteiger partial charge in [0.15, 0.2) is 0 Å². The normalized spacial score (nSPS) is 18.9. The number of carbonyl (C=O) groups is 1. The number of carbonyl (C=O) groups excluding carboxylic acids is 1. The number of nitrogens with two attached hydrogens (primary N) is 1. The first-order valence-corrected chi connectivity index (χ1v) is 6.99. The molecular weight excluding hydrogens is 268 g/mol. The fourth-order valence-corrected chi connectivity index (χ4v) is 3.21. The van der Waals surface area contributed by atoms with Crippen LogP contribution in [0.2, 0.25) is 0 Å². The molecule has 1 heterocycles. The van der Waals surface area contributed by atoms with Crippen LogP contribution >= 0.6 is 0 Å². The second kappa shape index (κ2) is 4.87. The maximum atomic E-state index is 12.1. The van der Waals surface area contributed by atoms with Crippen LogP contribution in [0, 0.1) is 11.3 Å². The van der Waals surface area contributed by atoms with Crippen molar-refractivity contribution in [3.63, 3.8) is 0 Å². The minimum Gasteiger partial charge on any atom is -0.399 e. The summed E-state index contributed by atoms with van der Waals surface area (Å²) in [7, 11) is -3.85. The monoisotopic (exact) mass is 280 g/mol. The van der Waals surface area contributed by atoms with Gasteiger partial charge in [-0.3, -0.25) is 4.79 Å². The molecule has 1 saturated heterocycles. The second-order valence-corrected chi connectivity index (χ2v) is 5.88. The number of hydrogen-bond donors (Lipinski definition) is 3. The van der Waals surface area contributed by atoms with Gasteiger partial charge in [-0.25, -0.2) is 13.1 Å². The largest absolute Gasteiger partial charge is 0.399 e. The van der Waals surface area contributed by atoms with Crippen LogP contribution in [0.15, 0.2) is 23.1 Å². The summed E-state index contributed by atoms with van der Waals surface area (Å²) < 4.78 is 26.7. The molecule has 1 aromatic carbocycles. The summed E-state index contributed by atoms with van der Waals surface area (Å²) in [6, 6.07) is 5.28. The zero-order valence-electron chi connectivity index (χ0n) is 9.88. The Balaban J connectivity index is 2.30. The van der Waals surface area contributed by atoms with Crippen molar-refractivity contribution in [3.05, 3.63) is 23.8 Å². The summed E-state index contributed by atoms with van der Waals surface area (Å²) in [6.45, 7) is 0.245. The van der Waals surface area contributed by atoms with E-state index in [0.717, 1.165) is 0 Å². The van der Waals surface area contributed by atoms with Gasteiger partial charge in [-0.2, -0.15) is 5.26 Å². The van der Waals surface area contributed by atoms with Crippen LogP contribution in [0.4, 0.5) is 5.69 Å². The third kappa shape index (κ3) is 2.83. The zero-order chi connectivity index (χ0) is 14.0. The number of nitrogens with zero attached hydrogens (tertiary/aromatic N) is 1. The van der Waals surface area contributed by atoms with Gasteiger partial charge in [-0.1, -0.05) is 0 Å². The summed E-state index contributed by atoms with van der Waals surface area (Å²) in [5.74, 6) is -0.203. The SMILES string of the molecule is N#Cc1cc(N)ccc1S(=O)(=O)NC1CNC(=O)C1. The van der Waals surface area contributed by atoms with Crippen molar-refractivity contribution >= 4 is 21.6 Å². The van der Waals surface area contributed by atoms with E-state index >= 15 is 0 Å². The van der Waals surface area contributed by atoms with E-state index in [1.165, 1.54) is 18.2 Å². The van der Waals surface area contributed by atoms with Gasteiger partial charge in [0.05, 0.1) is 10.5 Å². The predicted molar refractivity (Wildman–Crippen MR) is 67.3 cm³/mol. The minimum absolute atomic E-state index is 0.0233. The van der Waals surface area contributed by atoms with Crippen LogP contribution in [0.1, 0.15) is 12.0 Å². The van der Waals surface area contributed by atoms with Crippen molar-refractivity contribution in [1.29, 1.82) is 5.26 Å². The average molecular weight is 280 g/mol. The third-order valence-corrected chi connectivity index (χ3v) is 4.29. The number of nitrogen functional groups attached to an aromatic ring is 1. The summed E-state index contributed by atoms with van der Waals surface area (Å²) in [5.41, 5.74) is 5.80. The molecular formula is C11H12N4O3S. The average Bonchev–Trinajstić information content (AvgIpc) is 2.73. The molecule has 1 aliphatic rings. The predicted octanol–water partition coefficient (Wildman–Crippen LogP) is -0.693. The molecule has 0 radical (unpaired) electrons. The molecule has 0 saturated carbocycles. The number of sulfonamides is 1. The van der Waals surface area contributed by atoms with Crippen LogP contribution < -0.4 is 15.8 Å². The lowest BCUT2D eigenvalue weighted by molar-refractivity contribution is -0.119. The molecule has 0 aliphatic carbocycles. The van der Waals surface area contributed by atoms with Gasteiger partial charge in [-0.15, -0.1) is 0 Å².